The Kier molecular flexibility index (Phi) is 9.45. The second-order valence-electron chi connectivity index (χ2n) is 9.11. The highest BCUT2D eigenvalue weighted by Crippen LogP contribution is 2.31. The van der Waals surface area contributed by atoms with Crippen molar-refractivity contribution in [3.63, 3.8) is 0 Å². The van der Waals surface area contributed by atoms with Crippen molar-refractivity contribution >= 4 is 38.9 Å². The molecule has 4 rings (SSSR count). The van der Waals surface area contributed by atoms with Crippen LogP contribution in [0.2, 0.25) is 0 Å². The molecule has 38 heavy (non-hydrogen) atoms. The van der Waals surface area contributed by atoms with Gasteiger partial charge in [-0.15, -0.1) is 11.3 Å². The summed E-state index contributed by atoms with van der Waals surface area (Å²) in [5.41, 5.74) is 7.57. The number of aliphatic hydroxyl groups excluding tert-OH is 1. The van der Waals surface area contributed by atoms with Gasteiger partial charge in [-0.2, -0.15) is 0 Å². The molecule has 4 N–H and O–H groups in total. The second kappa shape index (κ2) is 12.6. The predicted octanol–water partition coefficient (Wildman–Crippen LogP) is 3.34. The largest absolute Gasteiger partial charge is 0.492 e. The fraction of sp³-hybridized carbons (Fsp3) is 0.385. The summed E-state index contributed by atoms with van der Waals surface area (Å²) < 4.78 is 33.1. The lowest BCUT2D eigenvalue weighted by atomic mass is 10.1. The van der Waals surface area contributed by atoms with E-state index in [1.165, 1.54) is 48.1 Å². The number of likely N-dealkylation sites (tertiary alicyclic amines) is 1. The van der Waals surface area contributed by atoms with Gasteiger partial charge < -0.3 is 20.7 Å². The molecule has 1 aromatic heterocycles. The number of hydrogen-bond acceptors (Lipinski definition) is 10. The summed E-state index contributed by atoms with van der Waals surface area (Å²) in [7, 11) is -4.52. The quantitative estimate of drug-likeness (QED) is 0.259. The number of rotatable bonds is 13. The zero-order valence-electron chi connectivity index (χ0n) is 20.7. The van der Waals surface area contributed by atoms with Crippen molar-refractivity contribution in [1.29, 1.82) is 0 Å². The molecule has 9 nitrogen and oxygen atoms in total. The summed E-state index contributed by atoms with van der Waals surface area (Å²) in [4.78, 5) is 15.6. The van der Waals surface area contributed by atoms with Gasteiger partial charge in [0, 0.05) is 30.3 Å². The number of aliphatic carboxylic acids is 1. The fourth-order valence-electron chi connectivity index (χ4n) is 4.25. The SMILES string of the molecule is NC(CC(O)CSc1nccs1)(C(=O)O)S(=O)(=O)c1ccc(-c2ccc(OCCN3CCCC3)cc2)cc1. The number of carboxylic acid groups (broad SMARTS) is 1. The third kappa shape index (κ3) is 6.74. The van der Waals surface area contributed by atoms with Gasteiger partial charge in [-0.05, 0) is 61.3 Å². The van der Waals surface area contributed by atoms with Gasteiger partial charge in [0.25, 0.3) is 0 Å². The zero-order chi connectivity index (χ0) is 27.2. The van der Waals surface area contributed by atoms with E-state index in [9.17, 15) is 23.4 Å². The smallest absolute Gasteiger partial charge is 0.340 e. The molecule has 0 bridgehead atoms. The lowest BCUT2D eigenvalue weighted by Gasteiger charge is -2.27. The first-order valence-electron chi connectivity index (χ1n) is 12.2. The van der Waals surface area contributed by atoms with Crippen LogP contribution in [0.15, 0.2) is 69.3 Å². The summed E-state index contributed by atoms with van der Waals surface area (Å²) in [6, 6.07) is 13.4. The van der Waals surface area contributed by atoms with E-state index in [1.807, 2.05) is 24.3 Å². The van der Waals surface area contributed by atoms with Gasteiger partial charge in [0.1, 0.15) is 16.7 Å². The van der Waals surface area contributed by atoms with Gasteiger partial charge in [0.2, 0.25) is 14.7 Å². The van der Waals surface area contributed by atoms with Crippen LogP contribution in [0.5, 0.6) is 5.75 Å². The van der Waals surface area contributed by atoms with Gasteiger partial charge in [0.15, 0.2) is 0 Å². The topological polar surface area (TPSA) is 143 Å². The van der Waals surface area contributed by atoms with E-state index in [-0.39, 0.29) is 10.6 Å². The van der Waals surface area contributed by atoms with Crippen LogP contribution in [0.1, 0.15) is 19.3 Å². The lowest BCUT2D eigenvalue weighted by molar-refractivity contribution is -0.140. The second-order valence-corrected chi connectivity index (χ2v) is 13.5. The molecule has 12 heteroatoms. The van der Waals surface area contributed by atoms with Crippen LogP contribution in [-0.4, -0.2) is 77.5 Å². The number of nitrogens with two attached hydrogens (primary N) is 1. The van der Waals surface area contributed by atoms with Crippen LogP contribution in [-0.2, 0) is 14.6 Å². The third-order valence-electron chi connectivity index (χ3n) is 6.42. The maximum Gasteiger partial charge on any atom is 0.340 e. The Morgan fingerprint density at radius 1 is 1.13 bits per heavy atom. The highest BCUT2D eigenvalue weighted by Gasteiger charge is 2.49. The Morgan fingerprint density at radius 2 is 1.76 bits per heavy atom. The minimum atomic E-state index is -4.52. The summed E-state index contributed by atoms with van der Waals surface area (Å²) in [6.07, 6.45) is 2.16. The molecule has 1 saturated heterocycles. The molecular weight excluding hydrogens is 547 g/mol. The van der Waals surface area contributed by atoms with Crippen LogP contribution in [0.3, 0.4) is 0 Å². The Hall–Kier alpha value is -2.48. The van der Waals surface area contributed by atoms with Crippen molar-refractivity contribution in [2.24, 2.45) is 5.73 Å². The minimum absolute atomic E-state index is 0.0617. The Morgan fingerprint density at radius 3 is 2.34 bits per heavy atom. The average molecular weight is 578 g/mol. The lowest BCUT2D eigenvalue weighted by Crippen LogP contribution is -2.56. The number of aliphatic hydroxyl groups is 1. The third-order valence-corrected chi connectivity index (χ3v) is 10.7. The van der Waals surface area contributed by atoms with Gasteiger partial charge in [0.05, 0.1) is 11.0 Å². The molecule has 0 aliphatic carbocycles. The molecule has 0 radical (unpaired) electrons. The fourth-order valence-corrected chi connectivity index (χ4v) is 7.40. The first-order valence-corrected chi connectivity index (χ1v) is 15.6. The number of carbonyl (C=O) groups is 1. The number of benzene rings is 2. The van der Waals surface area contributed by atoms with E-state index >= 15 is 0 Å². The Bertz CT molecular complexity index is 1300. The normalized spacial score (nSPS) is 16.7. The molecule has 2 aromatic carbocycles. The van der Waals surface area contributed by atoms with E-state index < -0.39 is 33.2 Å². The summed E-state index contributed by atoms with van der Waals surface area (Å²) in [5.74, 6) is -0.903. The predicted molar refractivity (Wildman–Crippen MR) is 148 cm³/mol. The molecule has 204 valence electrons. The van der Waals surface area contributed by atoms with E-state index in [0.29, 0.717) is 10.9 Å². The van der Waals surface area contributed by atoms with Crippen molar-refractivity contribution in [1.82, 2.24) is 9.88 Å². The molecule has 1 aliphatic rings. The zero-order valence-corrected chi connectivity index (χ0v) is 23.2. The van der Waals surface area contributed by atoms with Crippen LogP contribution in [0, 0.1) is 0 Å². The number of ether oxygens (including phenoxy) is 1. The number of nitrogens with zero attached hydrogens (tertiary/aromatic N) is 2. The first-order chi connectivity index (χ1) is 18.2. The van der Waals surface area contributed by atoms with Crippen molar-refractivity contribution in [2.45, 2.75) is 39.5 Å². The highest BCUT2D eigenvalue weighted by atomic mass is 32.2. The van der Waals surface area contributed by atoms with Crippen molar-refractivity contribution in [2.75, 3.05) is 32.0 Å². The van der Waals surface area contributed by atoms with E-state index in [2.05, 4.69) is 9.88 Å². The van der Waals surface area contributed by atoms with Crippen molar-refractivity contribution < 1.29 is 28.2 Å². The van der Waals surface area contributed by atoms with E-state index in [0.717, 1.165) is 36.5 Å². The van der Waals surface area contributed by atoms with Crippen LogP contribution in [0.4, 0.5) is 0 Å². The summed E-state index contributed by atoms with van der Waals surface area (Å²) >= 11 is 2.57. The van der Waals surface area contributed by atoms with Gasteiger partial charge in [-0.1, -0.05) is 36.0 Å². The molecule has 0 amide bonds. The standard InChI is InChI=1S/C26H31N3O6S3/c27-26(24(31)32,17-21(30)18-37-25-28-11-16-36-25)38(33,34)23-9-5-20(6-10-23)19-3-7-22(8-4-19)35-15-14-29-12-1-2-13-29/h3-11,16,21,30H,1-2,12-15,17-18,27H2,(H,31,32). The van der Waals surface area contributed by atoms with Gasteiger partial charge >= 0.3 is 5.97 Å². The number of carboxylic acids is 1. The molecule has 1 fully saturated rings. The molecule has 1 aliphatic heterocycles. The number of hydrogen-bond donors (Lipinski definition) is 3. The molecule has 2 unspecified atom stereocenters. The molecule has 0 saturated carbocycles. The molecular formula is C26H31N3O6S3. The number of thiazole rings is 1. The first kappa shape index (κ1) is 28.5. The summed E-state index contributed by atoms with van der Waals surface area (Å²) in [6.45, 7) is 3.77. The minimum Gasteiger partial charge on any atom is -0.492 e. The Labute approximate surface area is 230 Å². The summed E-state index contributed by atoms with van der Waals surface area (Å²) in [5, 5.41) is 21.9. The van der Waals surface area contributed by atoms with E-state index in [4.69, 9.17) is 10.5 Å². The molecule has 2 heterocycles. The maximum absolute atomic E-state index is 13.3. The van der Waals surface area contributed by atoms with Crippen molar-refractivity contribution in [3.8, 4) is 16.9 Å². The number of sulfone groups is 1. The van der Waals surface area contributed by atoms with Gasteiger partial charge in [-0.25, -0.2) is 18.2 Å². The molecule has 0 spiro atoms. The van der Waals surface area contributed by atoms with Crippen LogP contribution >= 0.6 is 23.1 Å². The molecule has 2 atom stereocenters. The van der Waals surface area contributed by atoms with Crippen molar-refractivity contribution in [3.05, 3.63) is 60.1 Å². The Balaban J connectivity index is 1.40. The van der Waals surface area contributed by atoms with E-state index in [1.54, 1.807) is 23.7 Å². The molecule has 3 aromatic rings. The van der Waals surface area contributed by atoms with Crippen LogP contribution < -0.4 is 10.5 Å². The number of thioether (sulfide) groups is 1. The van der Waals surface area contributed by atoms with Gasteiger partial charge in [-0.3, -0.25) is 4.90 Å². The number of aromatic nitrogens is 1. The monoisotopic (exact) mass is 577 g/mol. The highest BCUT2D eigenvalue weighted by molar-refractivity contribution is 8.01. The van der Waals surface area contributed by atoms with Crippen LogP contribution in [0.25, 0.3) is 11.1 Å². The maximum atomic E-state index is 13.3. The average Bonchev–Trinajstić information content (AvgIpc) is 3.62.